The van der Waals surface area contributed by atoms with Crippen molar-refractivity contribution in [2.24, 2.45) is 0 Å². The zero-order chi connectivity index (χ0) is 17.8. The van der Waals surface area contributed by atoms with Crippen molar-refractivity contribution >= 4 is 11.7 Å². The molecule has 6 nitrogen and oxygen atoms in total. The molecule has 0 bridgehead atoms. The van der Waals surface area contributed by atoms with Gasteiger partial charge in [-0.3, -0.25) is 4.90 Å². The number of anilines is 1. The molecule has 1 atom stereocenters. The summed E-state index contributed by atoms with van der Waals surface area (Å²) in [4.78, 5) is 16.3. The van der Waals surface area contributed by atoms with Gasteiger partial charge in [-0.15, -0.1) is 0 Å². The van der Waals surface area contributed by atoms with Crippen LogP contribution in [0.1, 0.15) is 29.3 Å². The molecule has 0 saturated carbocycles. The van der Waals surface area contributed by atoms with Gasteiger partial charge in [0.2, 0.25) is 5.76 Å². The highest BCUT2D eigenvalue weighted by molar-refractivity contribution is 5.86. The van der Waals surface area contributed by atoms with Crippen LogP contribution in [0.2, 0.25) is 0 Å². The topological polar surface area (TPSA) is 55.2 Å². The molecule has 6 heteroatoms. The average Bonchev–Trinajstić information content (AvgIpc) is 3.17. The smallest absolute Gasteiger partial charge is 0.373 e. The van der Waals surface area contributed by atoms with Crippen LogP contribution in [-0.4, -0.2) is 51.3 Å². The molecule has 2 aromatic rings. The van der Waals surface area contributed by atoms with E-state index in [1.807, 2.05) is 18.2 Å². The van der Waals surface area contributed by atoms with E-state index in [1.165, 1.54) is 12.8 Å². The predicted molar refractivity (Wildman–Crippen MR) is 95.2 cm³/mol. The van der Waals surface area contributed by atoms with Crippen LogP contribution < -0.4 is 9.64 Å². The predicted octanol–water partition coefficient (Wildman–Crippen LogP) is 2.96. The Morgan fingerprint density at radius 3 is 2.32 bits per heavy atom. The van der Waals surface area contributed by atoms with Crippen LogP contribution in [0.4, 0.5) is 5.69 Å². The highest BCUT2D eigenvalue weighted by Gasteiger charge is 2.25. The molecule has 0 aliphatic carbocycles. The Kier molecular flexibility index (Phi) is 5.28. The largest absolute Gasteiger partial charge is 0.497 e. The van der Waals surface area contributed by atoms with Crippen LogP contribution in [0.3, 0.4) is 0 Å². The molecule has 1 aliphatic heterocycles. The number of ether oxygens (including phenoxy) is 2. The van der Waals surface area contributed by atoms with Crippen LogP contribution in [0, 0.1) is 0 Å². The lowest BCUT2D eigenvalue weighted by atomic mass is 10.1. The van der Waals surface area contributed by atoms with Gasteiger partial charge < -0.3 is 18.8 Å². The van der Waals surface area contributed by atoms with E-state index in [2.05, 4.69) is 28.9 Å². The van der Waals surface area contributed by atoms with Gasteiger partial charge in [-0.25, -0.2) is 4.79 Å². The molecule has 1 saturated heterocycles. The summed E-state index contributed by atoms with van der Waals surface area (Å²) in [7, 11) is 3.03. The van der Waals surface area contributed by atoms with E-state index in [4.69, 9.17) is 13.9 Å². The number of carbonyl (C=O) groups is 1. The number of rotatable bonds is 5. The molecule has 3 rings (SSSR count). The minimum Gasteiger partial charge on any atom is -0.497 e. The van der Waals surface area contributed by atoms with Crippen LogP contribution in [0.25, 0.3) is 0 Å². The molecular formula is C19H24N2O4. The van der Waals surface area contributed by atoms with E-state index in [0.717, 1.165) is 37.7 Å². The third kappa shape index (κ3) is 3.79. The molecule has 1 unspecified atom stereocenters. The lowest BCUT2D eigenvalue weighted by Crippen LogP contribution is -2.47. The first-order chi connectivity index (χ1) is 12.1. The molecule has 1 aromatic carbocycles. The van der Waals surface area contributed by atoms with Crippen molar-refractivity contribution in [2.75, 3.05) is 45.3 Å². The van der Waals surface area contributed by atoms with Crippen molar-refractivity contribution in [3.63, 3.8) is 0 Å². The summed E-state index contributed by atoms with van der Waals surface area (Å²) in [5, 5.41) is 0. The van der Waals surface area contributed by atoms with Crippen molar-refractivity contribution in [3.05, 3.63) is 47.9 Å². The van der Waals surface area contributed by atoms with Crippen molar-refractivity contribution in [1.29, 1.82) is 0 Å². The Labute approximate surface area is 147 Å². The lowest BCUT2D eigenvalue weighted by Gasteiger charge is -2.38. The Morgan fingerprint density at radius 1 is 1.04 bits per heavy atom. The molecule has 134 valence electrons. The second-order valence-corrected chi connectivity index (χ2v) is 6.09. The number of furan rings is 1. The summed E-state index contributed by atoms with van der Waals surface area (Å²) in [5.41, 5.74) is 1.21. The molecule has 1 fully saturated rings. The summed E-state index contributed by atoms with van der Waals surface area (Å²) >= 11 is 0. The van der Waals surface area contributed by atoms with E-state index >= 15 is 0 Å². The van der Waals surface area contributed by atoms with Gasteiger partial charge >= 0.3 is 5.97 Å². The van der Waals surface area contributed by atoms with Gasteiger partial charge in [-0.1, -0.05) is 0 Å². The van der Waals surface area contributed by atoms with Gasteiger partial charge in [0.15, 0.2) is 0 Å². The second kappa shape index (κ2) is 7.61. The Balaban J connectivity index is 1.59. The van der Waals surface area contributed by atoms with Gasteiger partial charge in [-0.05, 0) is 43.3 Å². The lowest BCUT2D eigenvalue weighted by molar-refractivity contribution is 0.0558. The van der Waals surface area contributed by atoms with E-state index in [1.54, 1.807) is 13.2 Å². The molecule has 0 N–H and O–H groups in total. The fourth-order valence-corrected chi connectivity index (χ4v) is 3.13. The highest BCUT2D eigenvalue weighted by Crippen LogP contribution is 2.26. The Hall–Kier alpha value is -2.47. The monoisotopic (exact) mass is 344 g/mol. The van der Waals surface area contributed by atoms with E-state index in [9.17, 15) is 4.79 Å². The van der Waals surface area contributed by atoms with Crippen LogP contribution in [-0.2, 0) is 4.74 Å². The summed E-state index contributed by atoms with van der Waals surface area (Å²) in [6.07, 6.45) is 0. The zero-order valence-corrected chi connectivity index (χ0v) is 14.9. The number of hydrogen-bond donors (Lipinski definition) is 0. The van der Waals surface area contributed by atoms with Gasteiger partial charge in [0, 0.05) is 31.9 Å². The van der Waals surface area contributed by atoms with Crippen LogP contribution in [0.5, 0.6) is 5.75 Å². The Bertz CT molecular complexity index is 702. The second-order valence-electron chi connectivity index (χ2n) is 6.09. The number of carbonyl (C=O) groups excluding carboxylic acids is 1. The third-order valence-corrected chi connectivity index (χ3v) is 4.72. The fraction of sp³-hybridized carbons (Fsp3) is 0.421. The highest BCUT2D eigenvalue weighted by atomic mass is 16.5. The molecule has 1 aliphatic rings. The molecule has 1 aromatic heterocycles. The van der Waals surface area contributed by atoms with E-state index in [-0.39, 0.29) is 11.8 Å². The normalized spacial score (nSPS) is 16.5. The maximum absolute atomic E-state index is 11.5. The van der Waals surface area contributed by atoms with Gasteiger partial charge in [0.25, 0.3) is 0 Å². The average molecular weight is 344 g/mol. The number of benzene rings is 1. The van der Waals surface area contributed by atoms with E-state index < -0.39 is 5.97 Å². The SMILES string of the molecule is COC(=O)c1ccc(C(C)N2CCN(c3ccc(OC)cc3)CC2)o1. The molecule has 0 spiro atoms. The quantitative estimate of drug-likeness (QED) is 0.778. The first-order valence-corrected chi connectivity index (χ1v) is 8.43. The number of piperazine rings is 1. The molecule has 2 heterocycles. The summed E-state index contributed by atoms with van der Waals surface area (Å²) in [6.45, 7) is 5.86. The maximum Gasteiger partial charge on any atom is 0.373 e. The van der Waals surface area contributed by atoms with Crippen molar-refractivity contribution in [1.82, 2.24) is 4.90 Å². The number of nitrogens with zero attached hydrogens (tertiary/aromatic N) is 2. The molecule has 25 heavy (non-hydrogen) atoms. The van der Waals surface area contributed by atoms with Crippen molar-refractivity contribution in [2.45, 2.75) is 13.0 Å². The number of esters is 1. The molecular weight excluding hydrogens is 320 g/mol. The standard InChI is InChI=1S/C19H24N2O4/c1-14(17-8-9-18(25-17)19(22)24-3)20-10-12-21(13-11-20)15-4-6-16(23-2)7-5-15/h4-9,14H,10-13H2,1-3H3. The van der Waals surface area contributed by atoms with Gasteiger partial charge in [0.1, 0.15) is 11.5 Å². The zero-order valence-electron chi connectivity index (χ0n) is 14.9. The summed E-state index contributed by atoms with van der Waals surface area (Å²) in [5.74, 6) is 1.47. The minimum absolute atomic E-state index is 0.122. The van der Waals surface area contributed by atoms with Crippen LogP contribution >= 0.6 is 0 Å². The van der Waals surface area contributed by atoms with E-state index in [0.29, 0.717) is 0 Å². The van der Waals surface area contributed by atoms with Crippen molar-refractivity contribution in [3.8, 4) is 5.75 Å². The fourth-order valence-electron chi connectivity index (χ4n) is 3.13. The van der Waals surface area contributed by atoms with Crippen molar-refractivity contribution < 1.29 is 18.7 Å². The third-order valence-electron chi connectivity index (χ3n) is 4.72. The summed E-state index contributed by atoms with van der Waals surface area (Å²) in [6, 6.07) is 11.8. The number of methoxy groups -OCH3 is 2. The molecule has 0 amide bonds. The first-order valence-electron chi connectivity index (χ1n) is 8.43. The number of hydrogen-bond acceptors (Lipinski definition) is 6. The first kappa shape index (κ1) is 17.4. The molecule has 0 radical (unpaired) electrons. The van der Waals surface area contributed by atoms with Crippen LogP contribution in [0.15, 0.2) is 40.8 Å². The maximum atomic E-state index is 11.5. The summed E-state index contributed by atoms with van der Waals surface area (Å²) < 4.78 is 15.5. The van der Waals surface area contributed by atoms with Gasteiger partial charge in [-0.2, -0.15) is 0 Å². The van der Waals surface area contributed by atoms with Gasteiger partial charge in [0.05, 0.1) is 20.3 Å². The minimum atomic E-state index is -0.442. The Morgan fingerprint density at radius 2 is 1.72 bits per heavy atom.